The second kappa shape index (κ2) is 7.17. The van der Waals surface area contributed by atoms with Gasteiger partial charge in [-0.05, 0) is 46.6 Å². The number of amides is 1. The van der Waals surface area contributed by atoms with Crippen molar-refractivity contribution in [3.63, 3.8) is 0 Å². The molecule has 0 aliphatic rings. The molecule has 0 saturated heterocycles. The summed E-state index contributed by atoms with van der Waals surface area (Å²) >= 11 is 3.07. The third-order valence-electron chi connectivity index (χ3n) is 2.81. The highest BCUT2D eigenvalue weighted by Crippen LogP contribution is 2.21. The number of hydrogen-bond acceptors (Lipinski definition) is 3. The molecule has 0 aliphatic heterocycles. The number of aromatic nitrogens is 1. The molecule has 2 aromatic rings. The molecule has 0 atom stereocenters. The van der Waals surface area contributed by atoms with E-state index in [1.165, 1.54) is 12.3 Å². The van der Waals surface area contributed by atoms with E-state index in [2.05, 4.69) is 31.5 Å². The number of benzene rings is 1. The molecule has 0 unspecified atom stereocenters. The zero-order valence-corrected chi connectivity index (χ0v) is 13.1. The van der Waals surface area contributed by atoms with E-state index in [0.717, 1.165) is 13.0 Å². The number of anilines is 2. The average molecular weight is 352 g/mol. The third-order valence-corrected chi connectivity index (χ3v) is 3.45. The lowest BCUT2D eigenvalue weighted by Gasteiger charge is -2.11. The summed E-state index contributed by atoms with van der Waals surface area (Å²) in [5, 5.41) is 5.83. The van der Waals surface area contributed by atoms with Gasteiger partial charge in [0.25, 0.3) is 5.91 Å². The lowest BCUT2D eigenvalue weighted by atomic mass is 10.2. The summed E-state index contributed by atoms with van der Waals surface area (Å²) < 4.78 is 13.8. The van der Waals surface area contributed by atoms with E-state index in [4.69, 9.17) is 0 Å². The summed E-state index contributed by atoms with van der Waals surface area (Å²) in [5.74, 6) is -0.758. The number of nitrogens with zero attached hydrogens (tertiary/aromatic N) is 1. The van der Waals surface area contributed by atoms with Gasteiger partial charge in [0.1, 0.15) is 5.82 Å². The van der Waals surface area contributed by atoms with Crippen LogP contribution >= 0.6 is 15.9 Å². The summed E-state index contributed by atoms with van der Waals surface area (Å²) in [5.41, 5.74) is 1.53. The molecule has 2 N–H and O–H groups in total. The summed E-state index contributed by atoms with van der Waals surface area (Å²) in [4.78, 5) is 16.2. The van der Waals surface area contributed by atoms with Gasteiger partial charge in [0, 0.05) is 24.6 Å². The maximum Gasteiger partial charge on any atom is 0.259 e. The molecule has 110 valence electrons. The molecule has 1 aromatic carbocycles. The van der Waals surface area contributed by atoms with Crippen LogP contribution in [0.1, 0.15) is 23.7 Å². The van der Waals surface area contributed by atoms with Crippen LogP contribution in [-0.4, -0.2) is 17.4 Å². The Hall–Kier alpha value is -1.95. The van der Waals surface area contributed by atoms with Crippen molar-refractivity contribution >= 4 is 33.2 Å². The van der Waals surface area contributed by atoms with Gasteiger partial charge in [-0.1, -0.05) is 6.92 Å². The van der Waals surface area contributed by atoms with Crippen molar-refractivity contribution in [1.82, 2.24) is 4.98 Å². The molecule has 2 rings (SSSR count). The van der Waals surface area contributed by atoms with Crippen LogP contribution in [0.3, 0.4) is 0 Å². The molecule has 0 aliphatic carbocycles. The van der Waals surface area contributed by atoms with Gasteiger partial charge in [-0.2, -0.15) is 0 Å². The molecule has 1 aromatic heterocycles. The van der Waals surface area contributed by atoms with Crippen LogP contribution in [0.5, 0.6) is 0 Å². The Bertz CT molecular complexity index is 649. The first-order valence-electron chi connectivity index (χ1n) is 6.56. The van der Waals surface area contributed by atoms with Crippen molar-refractivity contribution in [2.24, 2.45) is 0 Å². The Labute approximate surface area is 130 Å². The third kappa shape index (κ3) is 4.01. The van der Waals surface area contributed by atoms with Crippen molar-refractivity contribution in [2.45, 2.75) is 13.3 Å². The van der Waals surface area contributed by atoms with E-state index < -0.39 is 5.82 Å². The topological polar surface area (TPSA) is 54.0 Å². The van der Waals surface area contributed by atoms with Crippen LogP contribution in [0.25, 0.3) is 0 Å². The van der Waals surface area contributed by atoms with Gasteiger partial charge in [-0.15, -0.1) is 0 Å². The van der Waals surface area contributed by atoms with E-state index in [0.29, 0.717) is 21.4 Å². The van der Waals surface area contributed by atoms with Crippen LogP contribution in [0.4, 0.5) is 15.8 Å². The number of hydrogen-bond donors (Lipinski definition) is 2. The van der Waals surface area contributed by atoms with Crippen molar-refractivity contribution in [2.75, 3.05) is 17.2 Å². The van der Waals surface area contributed by atoms with E-state index in [1.807, 2.05) is 6.92 Å². The fourth-order valence-electron chi connectivity index (χ4n) is 1.76. The predicted molar refractivity (Wildman–Crippen MR) is 85.1 cm³/mol. The minimum Gasteiger partial charge on any atom is -0.384 e. The smallest absolute Gasteiger partial charge is 0.259 e. The summed E-state index contributed by atoms with van der Waals surface area (Å²) in [7, 11) is 0. The zero-order chi connectivity index (χ0) is 15.2. The maximum absolute atomic E-state index is 13.5. The average Bonchev–Trinajstić information content (AvgIpc) is 2.49. The molecule has 1 amide bonds. The largest absolute Gasteiger partial charge is 0.384 e. The lowest BCUT2D eigenvalue weighted by Crippen LogP contribution is -2.15. The maximum atomic E-state index is 13.5. The highest BCUT2D eigenvalue weighted by atomic mass is 79.9. The van der Waals surface area contributed by atoms with Gasteiger partial charge in [-0.25, -0.2) is 4.39 Å². The van der Waals surface area contributed by atoms with E-state index in [9.17, 15) is 9.18 Å². The molecule has 0 fully saturated rings. The monoisotopic (exact) mass is 351 g/mol. The summed E-state index contributed by atoms with van der Waals surface area (Å²) in [6.07, 6.45) is 4.05. The van der Waals surface area contributed by atoms with E-state index in [1.54, 1.807) is 24.4 Å². The molecular weight excluding hydrogens is 337 g/mol. The molecule has 21 heavy (non-hydrogen) atoms. The molecule has 0 saturated carbocycles. The number of carbonyl (C=O) groups is 1. The quantitative estimate of drug-likeness (QED) is 0.853. The second-order valence-corrected chi connectivity index (χ2v) is 5.29. The highest BCUT2D eigenvalue weighted by molar-refractivity contribution is 9.10. The van der Waals surface area contributed by atoms with Crippen molar-refractivity contribution in [3.05, 3.63) is 52.5 Å². The Morgan fingerprint density at radius 1 is 1.38 bits per heavy atom. The van der Waals surface area contributed by atoms with Crippen LogP contribution in [-0.2, 0) is 0 Å². The molecular formula is C15H15BrFN3O. The first-order valence-corrected chi connectivity index (χ1v) is 7.35. The minimum atomic E-state index is -0.427. The molecule has 0 spiro atoms. The lowest BCUT2D eigenvalue weighted by molar-refractivity contribution is 0.102. The molecule has 4 nitrogen and oxygen atoms in total. The second-order valence-electron chi connectivity index (χ2n) is 4.43. The predicted octanol–water partition coefficient (Wildman–Crippen LogP) is 4.06. The molecule has 0 radical (unpaired) electrons. The SMILES string of the molecule is CCCNc1ccncc1C(=O)Nc1ccc(Br)c(F)c1. The molecule has 1 heterocycles. The normalized spacial score (nSPS) is 10.2. The van der Waals surface area contributed by atoms with Gasteiger partial charge in [-0.3, -0.25) is 9.78 Å². The molecule has 0 bridgehead atoms. The van der Waals surface area contributed by atoms with E-state index in [-0.39, 0.29) is 5.91 Å². The number of nitrogens with one attached hydrogen (secondary N) is 2. The zero-order valence-electron chi connectivity index (χ0n) is 11.5. The minimum absolute atomic E-state index is 0.330. The van der Waals surface area contributed by atoms with Crippen molar-refractivity contribution in [3.8, 4) is 0 Å². The van der Waals surface area contributed by atoms with Gasteiger partial charge in [0.2, 0.25) is 0 Å². The van der Waals surface area contributed by atoms with Crippen molar-refractivity contribution in [1.29, 1.82) is 0 Å². The van der Waals surface area contributed by atoms with Crippen LogP contribution in [0.15, 0.2) is 41.1 Å². The van der Waals surface area contributed by atoms with Crippen LogP contribution in [0, 0.1) is 5.82 Å². The first-order chi connectivity index (χ1) is 10.1. The summed E-state index contributed by atoms with van der Waals surface area (Å²) in [6, 6.07) is 6.18. The number of halogens is 2. The van der Waals surface area contributed by atoms with Crippen molar-refractivity contribution < 1.29 is 9.18 Å². The van der Waals surface area contributed by atoms with E-state index >= 15 is 0 Å². The first kappa shape index (κ1) is 15.4. The Balaban J connectivity index is 2.18. The fourth-order valence-corrected chi connectivity index (χ4v) is 2.01. The van der Waals surface area contributed by atoms with Gasteiger partial charge in [0.15, 0.2) is 0 Å². The molecule has 6 heteroatoms. The van der Waals surface area contributed by atoms with Gasteiger partial charge in [0.05, 0.1) is 15.7 Å². The number of rotatable bonds is 5. The summed E-state index contributed by atoms with van der Waals surface area (Å²) in [6.45, 7) is 2.80. The Morgan fingerprint density at radius 3 is 2.90 bits per heavy atom. The highest BCUT2D eigenvalue weighted by Gasteiger charge is 2.12. The Morgan fingerprint density at radius 2 is 2.19 bits per heavy atom. The van der Waals surface area contributed by atoms with Crippen LogP contribution < -0.4 is 10.6 Å². The van der Waals surface area contributed by atoms with Gasteiger partial charge < -0.3 is 10.6 Å². The number of pyridine rings is 1. The van der Waals surface area contributed by atoms with Crippen LogP contribution in [0.2, 0.25) is 0 Å². The Kier molecular flexibility index (Phi) is 5.27. The standard InChI is InChI=1S/C15H15BrFN3O/c1-2-6-19-14-5-7-18-9-11(14)15(21)20-10-3-4-12(16)13(17)8-10/h3-5,7-9H,2,6H2,1H3,(H,18,19)(H,20,21). The van der Waals surface area contributed by atoms with Gasteiger partial charge >= 0.3 is 0 Å². The fraction of sp³-hybridized carbons (Fsp3) is 0.200. The number of carbonyl (C=O) groups excluding carboxylic acids is 1.